The molecule has 0 saturated carbocycles. The fraction of sp³-hybridized carbons (Fsp3) is 0.250. The molecule has 0 aliphatic heterocycles. The Bertz CT molecular complexity index is 284. The SMILES string of the molecule is CNc1ccc(CO[N+](=O)[O-])cc1. The molecule has 0 spiro atoms. The summed E-state index contributed by atoms with van der Waals surface area (Å²) in [6, 6.07) is 7.21. The van der Waals surface area contributed by atoms with Crippen LogP contribution in [-0.4, -0.2) is 12.1 Å². The van der Waals surface area contributed by atoms with Gasteiger partial charge >= 0.3 is 0 Å². The third-order valence-corrected chi connectivity index (χ3v) is 1.58. The zero-order valence-electron chi connectivity index (χ0n) is 7.19. The number of nitrogens with zero attached hydrogens (tertiary/aromatic N) is 1. The van der Waals surface area contributed by atoms with Crippen LogP contribution in [0.5, 0.6) is 0 Å². The van der Waals surface area contributed by atoms with Gasteiger partial charge in [0.05, 0.1) is 0 Å². The highest BCUT2D eigenvalue weighted by Crippen LogP contribution is 2.09. The predicted molar refractivity (Wildman–Crippen MR) is 47.8 cm³/mol. The summed E-state index contributed by atoms with van der Waals surface area (Å²) in [4.78, 5) is 14.1. The van der Waals surface area contributed by atoms with E-state index in [-0.39, 0.29) is 6.61 Å². The van der Waals surface area contributed by atoms with Gasteiger partial charge in [-0.25, -0.2) is 0 Å². The van der Waals surface area contributed by atoms with E-state index in [1.165, 1.54) is 0 Å². The number of nitrogens with one attached hydrogen (secondary N) is 1. The van der Waals surface area contributed by atoms with Crippen molar-refractivity contribution in [1.29, 1.82) is 0 Å². The molecule has 13 heavy (non-hydrogen) atoms. The van der Waals surface area contributed by atoms with Crippen LogP contribution >= 0.6 is 0 Å². The predicted octanol–water partition coefficient (Wildman–Crippen LogP) is 1.44. The van der Waals surface area contributed by atoms with E-state index in [0.29, 0.717) is 0 Å². The lowest BCUT2D eigenvalue weighted by Gasteiger charge is -2.01. The summed E-state index contributed by atoms with van der Waals surface area (Å²) in [6.07, 6.45) is 0. The van der Waals surface area contributed by atoms with Crippen molar-refractivity contribution in [2.75, 3.05) is 12.4 Å². The first-order valence-electron chi connectivity index (χ1n) is 3.76. The largest absolute Gasteiger partial charge is 0.388 e. The van der Waals surface area contributed by atoms with Gasteiger partial charge in [0.15, 0.2) is 0 Å². The highest BCUT2D eigenvalue weighted by molar-refractivity contribution is 5.43. The normalized spacial score (nSPS) is 9.31. The van der Waals surface area contributed by atoms with Gasteiger partial charge in [-0.2, -0.15) is 0 Å². The topological polar surface area (TPSA) is 64.4 Å². The first-order valence-corrected chi connectivity index (χ1v) is 3.76. The Labute approximate surface area is 75.4 Å². The molecular formula is C8H10N2O3. The van der Waals surface area contributed by atoms with Gasteiger partial charge in [0.1, 0.15) is 6.61 Å². The highest BCUT2D eigenvalue weighted by atomic mass is 16.9. The summed E-state index contributed by atoms with van der Waals surface area (Å²) in [7, 11) is 1.81. The second kappa shape index (κ2) is 4.30. The van der Waals surface area contributed by atoms with Crippen LogP contribution in [0.3, 0.4) is 0 Å². The van der Waals surface area contributed by atoms with Crippen molar-refractivity contribution in [2.24, 2.45) is 0 Å². The van der Waals surface area contributed by atoms with Crippen molar-refractivity contribution in [1.82, 2.24) is 0 Å². The lowest BCUT2D eigenvalue weighted by atomic mass is 10.2. The summed E-state index contributed by atoms with van der Waals surface area (Å²) in [5, 5.41) is 12.0. The molecule has 0 unspecified atom stereocenters. The second-order valence-electron chi connectivity index (χ2n) is 2.44. The molecular weight excluding hydrogens is 172 g/mol. The third kappa shape index (κ3) is 2.98. The Balaban J connectivity index is 2.54. The van der Waals surface area contributed by atoms with E-state index in [4.69, 9.17) is 0 Å². The van der Waals surface area contributed by atoms with Gasteiger partial charge in [-0.1, -0.05) is 12.1 Å². The zero-order chi connectivity index (χ0) is 9.68. The number of hydrogen-bond donors (Lipinski definition) is 1. The van der Waals surface area contributed by atoms with E-state index in [2.05, 4.69) is 10.2 Å². The molecule has 0 saturated heterocycles. The van der Waals surface area contributed by atoms with Crippen LogP contribution in [0.4, 0.5) is 5.69 Å². The van der Waals surface area contributed by atoms with Crippen LogP contribution in [0.25, 0.3) is 0 Å². The van der Waals surface area contributed by atoms with Gasteiger partial charge in [-0.3, -0.25) is 0 Å². The monoisotopic (exact) mass is 182 g/mol. The van der Waals surface area contributed by atoms with Crippen LogP contribution in [0.1, 0.15) is 5.56 Å². The molecule has 5 heteroatoms. The van der Waals surface area contributed by atoms with E-state index in [9.17, 15) is 10.1 Å². The molecule has 70 valence electrons. The van der Waals surface area contributed by atoms with Crippen molar-refractivity contribution in [3.63, 3.8) is 0 Å². The van der Waals surface area contributed by atoms with Crippen LogP contribution in [0.2, 0.25) is 0 Å². The third-order valence-electron chi connectivity index (χ3n) is 1.58. The van der Waals surface area contributed by atoms with E-state index >= 15 is 0 Å². The van der Waals surface area contributed by atoms with E-state index in [0.717, 1.165) is 11.3 Å². The Kier molecular flexibility index (Phi) is 3.08. The van der Waals surface area contributed by atoms with Crippen LogP contribution in [-0.2, 0) is 11.4 Å². The van der Waals surface area contributed by atoms with Crippen LogP contribution in [0, 0.1) is 10.1 Å². The quantitative estimate of drug-likeness (QED) is 0.565. The first-order chi connectivity index (χ1) is 6.22. The fourth-order valence-corrected chi connectivity index (χ4v) is 0.895. The first kappa shape index (κ1) is 9.31. The summed E-state index contributed by atoms with van der Waals surface area (Å²) in [6.45, 7) is -0.00298. The molecule has 0 fully saturated rings. The molecule has 1 N–H and O–H groups in total. The molecule has 0 aliphatic carbocycles. The Morgan fingerprint density at radius 3 is 2.54 bits per heavy atom. The number of anilines is 1. The zero-order valence-corrected chi connectivity index (χ0v) is 7.19. The minimum atomic E-state index is -0.800. The highest BCUT2D eigenvalue weighted by Gasteiger charge is 1.96. The van der Waals surface area contributed by atoms with Gasteiger partial charge < -0.3 is 10.2 Å². The number of rotatable bonds is 4. The smallest absolute Gasteiger partial charge is 0.294 e. The molecule has 0 radical (unpaired) electrons. The molecule has 1 rings (SSSR count). The Morgan fingerprint density at radius 2 is 2.08 bits per heavy atom. The molecule has 0 aliphatic rings. The van der Waals surface area contributed by atoms with E-state index in [1.807, 2.05) is 19.2 Å². The lowest BCUT2D eigenvalue weighted by molar-refractivity contribution is -0.763. The van der Waals surface area contributed by atoms with Crippen LogP contribution in [0.15, 0.2) is 24.3 Å². The fourth-order valence-electron chi connectivity index (χ4n) is 0.895. The van der Waals surface area contributed by atoms with E-state index in [1.54, 1.807) is 12.1 Å². The Morgan fingerprint density at radius 1 is 1.46 bits per heavy atom. The van der Waals surface area contributed by atoms with Crippen molar-refractivity contribution in [2.45, 2.75) is 6.61 Å². The lowest BCUT2D eigenvalue weighted by Crippen LogP contribution is -2.00. The molecule has 0 heterocycles. The van der Waals surface area contributed by atoms with Crippen molar-refractivity contribution in [3.05, 3.63) is 39.9 Å². The van der Waals surface area contributed by atoms with Crippen LogP contribution < -0.4 is 5.32 Å². The maximum absolute atomic E-state index is 9.87. The minimum absolute atomic E-state index is 0.00298. The molecule has 1 aromatic rings. The molecule has 0 bridgehead atoms. The van der Waals surface area contributed by atoms with Gasteiger partial charge in [0.25, 0.3) is 5.09 Å². The second-order valence-corrected chi connectivity index (χ2v) is 2.44. The summed E-state index contributed by atoms with van der Waals surface area (Å²) < 4.78 is 0. The van der Waals surface area contributed by atoms with E-state index < -0.39 is 5.09 Å². The van der Waals surface area contributed by atoms with Gasteiger partial charge in [-0.05, 0) is 17.7 Å². The summed E-state index contributed by atoms with van der Waals surface area (Å²) >= 11 is 0. The standard InChI is InChI=1S/C8H10N2O3/c1-9-8-4-2-7(3-5-8)6-13-10(11)12/h2-5,9H,6H2,1H3. The molecule has 0 aromatic heterocycles. The van der Waals surface area contributed by atoms with Gasteiger partial charge in [-0.15, -0.1) is 10.1 Å². The number of hydrogen-bond acceptors (Lipinski definition) is 4. The van der Waals surface area contributed by atoms with Gasteiger partial charge in [0, 0.05) is 12.7 Å². The van der Waals surface area contributed by atoms with Crippen molar-refractivity contribution in [3.8, 4) is 0 Å². The summed E-state index contributed by atoms with van der Waals surface area (Å²) in [5.74, 6) is 0. The number of benzene rings is 1. The molecule has 0 atom stereocenters. The van der Waals surface area contributed by atoms with Crippen molar-refractivity contribution < 1.29 is 9.92 Å². The minimum Gasteiger partial charge on any atom is -0.388 e. The average molecular weight is 182 g/mol. The van der Waals surface area contributed by atoms with Gasteiger partial charge in [0.2, 0.25) is 0 Å². The molecule has 1 aromatic carbocycles. The maximum Gasteiger partial charge on any atom is 0.294 e. The average Bonchev–Trinajstić information content (AvgIpc) is 2.15. The molecule has 5 nitrogen and oxygen atoms in total. The van der Waals surface area contributed by atoms with Crippen molar-refractivity contribution >= 4 is 5.69 Å². The maximum atomic E-state index is 9.87. The Hall–Kier alpha value is -1.78. The molecule has 0 amide bonds. The summed E-state index contributed by atoms with van der Waals surface area (Å²) in [5.41, 5.74) is 1.74.